The Morgan fingerprint density at radius 2 is 1.95 bits per heavy atom. The average molecular weight is 317 g/mol. The van der Waals surface area contributed by atoms with Crippen LogP contribution in [0.5, 0.6) is 0 Å². The first-order chi connectivity index (χ1) is 10.7. The molecule has 2 nitrogen and oxygen atoms in total. The zero-order chi connectivity index (χ0) is 15.8. The Balaban J connectivity index is 1.87. The quantitative estimate of drug-likeness (QED) is 0.308. The van der Waals surface area contributed by atoms with Crippen molar-refractivity contribution in [1.29, 1.82) is 0 Å². The molecule has 0 radical (unpaired) electrons. The van der Waals surface area contributed by atoms with Gasteiger partial charge in [-0.3, -0.25) is 0 Å². The first-order valence-corrected chi connectivity index (χ1v) is 8.23. The molecule has 116 valence electrons. The van der Waals surface area contributed by atoms with Gasteiger partial charge in [-0.05, 0) is 55.3 Å². The first-order valence-electron chi connectivity index (χ1n) is 7.24. The van der Waals surface area contributed by atoms with Gasteiger partial charge in [-0.15, -0.1) is 11.8 Å². The molecule has 2 aromatic carbocycles. The smallest absolute Gasteiger partial charge is 0.123 e. The Kier molecular flexibility index (Phi) is 6.46. The molecule has 0 amide bonds. The second-order valence-electron chi connectivity index (χ2n) is 5.00. The van der Waals surface area contributed by atoms with Crippen LogP contribution in [0.2, 0.25) is 0 Å². The minimum atomic E-state index is -0.240. The van der Waals surface area contributed by atoms with E-state index in [0.29, 0.717) is 0 Å². The van der Waals surface area contributed by atoms with Crippen LogP contribution in [0.3, 0.4) is 0 Å². The van der Waals surface area contributed by atoms with E-state index < -0.39 is 0 Å². The maximum Gasteiger partial charge on any atom is 0.123 e. The molecule has 0 saturated carbocycles. The highest BCUT2D eigenvalue weighted by atomic mass is 32.2. The lowest BCUT2D eigenvalue weighted by Crippen LogP contribution is -2.02. The topological polar surface area (TPSA) is 21.6 Å². The molecule has 0 bridgehead atoms. The Morgan fingerprint density at radius 1 is 1.18 bits per heavy atom. The van der Waals surface area contributed by atoms with E-state index in [-0.39, 0.29) is 5.82 Å². The molecule has 2 rings (SSSR count). The van der Waals surface area contributed by atoms with Crippen molar-refractivity contribution in [2.75, 3.05) is 12.9 Å². The van der Waals surface area contributed by atoms with E-state index in [0.717, 1.165) is 29.9 Å². The first kappa shape index (κ1) is 16.6. The summed E-state index contributed by atoms with van der Waals surface area (Å²) in [6.07, 6.45) is 1.79. The van der Waals surface area contributed by atoms with Crippen LogP contribution >= 0.6 is 11.8 Å². The zero-order valence-corrected chi connectivity index (χ0v) is 13.7. The third-order valence-corrected chi connectivity index (χ3v) is 4.28. The fourth-order valence-corrected chi connectivity index (χ4v) is 3.10. The number of nitrogens with zero attached hydrogens (tertiary/aromatic N) is 1. The lowest BCUT2D eigenvalue weighted by molar-refractivity contribution is 0.213. The van der Waals surface area contributed by atoms with Crippen molar-refractivity contribution in [3.8, 4) is 0 Å². The Bertz CT molecular complexity index is 625. The number of oxime groups is 1. The second-order valence-corrected chi connectivity index (χ2v) is 6.16. The van der Waals surface area contributed by atoms with Gasteiger partial charge in [-0.1, -0.05) is 35.0 Å². The Morgan fingerprint density at radius 3 is 2.64 bits per heavy atom. The standard InChI is InChI=1S/C18H20FNOS/c1-14-5-3-6-17(13-14)22-12-4-7-18(20-21-2)15-8-10-16(19)11-9-15/h3,5-6,8-11,13H,4,7,12H2,1-2H3. The largest absolute Gasteiger partial charge is 0.399 e. The van der Waals surface area contributed by atoms with Gasteiger partial charge >= 0.3 is 0 Å². The van der Waals surface area contributed by atoms with Gasteiger partial charge in [0.15, 0.2) is 0 Å². The summed E-state index contributed by atoms with van der Waals surface area (Å²) in [7, 11) is 1.53. The van der Waals surface area contributed by atoms with Gasteiger partial charge in [-0.2, -0.15) is 0 Å². The van der Waals surface area contributed by atoms with Crippen molar-refractivity contribution in [2.24, 2.45) is 5.16 Å². The number of aryl methyl sites for hydroxylation is 1. The van der Waals surface area contributed by atoms with Crippen LogP contribution in [-0.2, 0) is 4.84 Å². The monoisotopic (exact) mass is 317 g/mol. The van der Waals surface area contributed by atoms with Crippen molar-refractivity contribution >= 4 is 17.5 Å². The van der Waals surface area contributed by atoms with Crippen molar-refractivity contribution < 1.29 is 9.23 Å². The van der Waals surface area contributed by atoms with E-state index >= 15 is 0 Å². The predicted molar refractivity (Wildman–Crippen MR) is 91.1 cm³/mol. The molecule has 4 heteroatoms. The van der Waals surface area contributed by atoms with E-state index in [1.165, 1.54) is 29.7 Å². The normalized spacial score (nSPS) is 11.5. The fraction of sp³-hybridized carbons (Fsp3) is 0.278. The molecule has 0 aromatic heterocycles. The number of halogens is 1. The molecule has 0 heterocycles. The summed E-state index contributed by atoms with van der Waals surface area (Å²) in [5, 5.41) is 4.07. The molecular formula is C18H20FNOS. The van der Waals surface area contributed by atoms with Gasteiger partial charge in [0.2, 0.25) is 0 Å². The number of thioether (sulfide) groups is 1. The summed E-state index contributed by atoms with van der Waals surface area (Å²) in [6.45, 7) is 2.10. The minimum absolute atomic E-state index is 0.240. The van der Waals surface area contributed by atoms with Crippen LogP contribution in [0.25, 0.3) is 0 Å². The SMILES string of the molecule is CON=C(CCCSc1cccc(C)c1)c1ccc(F)cc1. The van der Waals surface area contributed by atoms with Crippen LogP contribution in [0.4, 0.5) is 4.39 Å². The molecule has 0 atom stereocenters. The van der Waals surface area contributed by atoms with E-state index in [1.807, 2.05) is 11.8 Å². The van der Waals surface area contributed by atoms with Gasteiger partial charge in [0, 0.05) is 4.90 Å². The van der Waals surface area contributed by atoms with Crippen molar-refractivity contribution in [3.63, 3.8) is 0 Å². The third kappa shape index (κ3) is 5.19. The van der Waals surface area contributed by atoms with Gasteiger partial charge in [0.1, 0.15) is 12.9 Å². The van der Waals surface area contributed by atoms with Gasteiger partial charge in [0.25, 0.3) is 0 Å². The summed E-state index contributed by atoms with van der Waals surface area (Å²) < 4.78 is 13.0. The van der Waals surface area contributed by atoms with E-state index in [9.17, 15) is 4.39 Å². The molecule has 0 aliphatic heterocycles. The molecule has 22 heavy (non-hydrogen) atoms. The highest BCUT2D eigenvalue weighted by molar-refractivity contribution is 7.99. The molecule has 0 N–H and O–H groups in total. The summed E-state index contributed by atoms with van der Waals surface area (Å²) >= 11 is 1.84. The Labute approximate surface area is 135 Å². The average Bonchev–Trinajstić information content (AvgIpc) is 2.51. The lowest BCUT2D eigenvalue weighted by atomic mass is 10.1. The fourth-order valence-electron chi connectivity index (χ4n) is 2.13. The lowest BCUT2D eigenvalue weighted by Gasteiger charge is -2.06. The Hall–Kier alpha value is -1.81. The molecule has 0 spiro atoms. The van der Waals surface area contributed by atoms with E-state index in [4.69, 9.17) is 4.84 Å². The van der Waals surface area contributed by atoms with Gasteiger partial charge in [-0.25, -0.2) is 4.39 Å². The number of hydrogen-bond donors (Lipinski definition) is 0. The van der Waals surface area contributed by atoms with Crippen LogP contribution in [0.15, 0.2) is 58.6 Å². The van der Waals surface area contributed by atoms with Crippen molar-refractivity contribution in [1.82, 2.24) is 0 Å². The van der Waals surface area contributed by atoms with Crippen LogP contribution < -0.4 is 0 Å². The second kappa shape index (κ2) is 8.59. The van der Waals surface area contributed by atoms with Crippen LogP contribution in [0, 0.1) is 12.7 Å². The van der Waals surface area contributed by atoms with Crippen LogP contribution in [0.1, 0.15) is 24.0 Å². The predicted octanol–water partition coefficient (Wildman–Crippen LogP) is 5.06. The van der Waals surface area contributed by atoms with E-state index in [1.54, 1.807) is 12.1 Å². The number of hydrogen-bond acceptors (Lipinski definition) is 3. The molecular weight excluding hydrogens is 297 g/mol. The summed E-state index contributed by atoms with van der Waals surface area (Å²) in [5.41, 5.74) is 3.04. The summed E-state index contributed by atoms with van der Waals surface area (Å²) in [5.74, 6) is 0.767. The zero-order valence-electron chi connectivity index (χ0n) is 12.9. The highest BCUT2D eigenvalue weighted by Crippen LogP contribution is 2.21. The number of rotatable bonds is 7. The summed E-state index contributed by atoms with van der Waals surface area (Å²) in [4.78, 5) is 6.19. The van der Waals surface area contributed by atoms with E-state index in [2.05, 4.69) is 36.3 Å². The summed E-state index contributed by atoms with van der Waals surface area (Å²) in [6, 6.07) is 14.9. The van der Waals surface area contributed by atoms with Gasteiger partial charge < -0.3 is 4.84 Å². The number of benzene rings is 2. The molecule has 0 saturated heterocycles. The third-order valence-electron chi connectivity index (χ3n) is 3.20. The minimum Gasteiger partial charge on any atom is -0.399 e. The maximum atomic E-state index is 13.0. The van der Waals surface area contributed by atoms with Gasteiger partial charge in [0.05, 0.1) is 5.71 Å². The molecule has 0 unspecified atom stereocenters. The highest BCUT2D eigenvalue weighted by Gasteiger charge is 2.05. The van der Waals surface area contributed by atoms with Crippen LogP contribution in [-0.4, -0.2) is 18.6 Å². The van der Waals surface area contributed by atoms with Crippen molar-refractivity contribution in [2.45, 2.75) is 24.7 Å². The van der Waals surface area contributed by atoms with Crippen molar-refractivity contribution in [3.05, 3.63) is 65.5 Å². The molecule has 0 fully saturated rings. The maximum absolute atomic E-state index is 13.0. The molecule has 0 aliphatic rings. The molecule has 2 aromatic rings. The molecule has 0 aliphatic carbocycles.